The molecule has 30 heavy (non-hydrogen) atoms. The van der Waals surface area contributed by atoms with Crippen LogP contribution in [0.25, 0.3) is 0 Å². The van der Waals surface area contributed by atoms with E-state index in [-0.39, 0.29) is 10.8 Å². The predicted molar refractivity (Wildman–Crippen MR) is 117 cm³/mol. The maximum atomic E-state index is 13.3. The van der Waals surface area contributed by atoms with E-state index >= 15 is 0 Å². The lowest BCUT2D eigenvalue weighted by Crippen LogP contribution is -2.29. The molecule has 0 saturated heterocycles. The van der Waals surface area contributed by atoms with Gasteiger partial charge in [0.05, 0.1) is 23.4 Å². The van der Waals surface area contributed by atoms with E-state index in [1.165, 1.54) is 23.5 Å². The van der Waals surface area contributed by atoms with Crippen molar-refractivity contribution >= 4 is 27.3 Å². The van der Waals surface area contributed by atoms with Gasteiger partial charge in [-0.1, -0.05) is 36.4 Å². The number of fused-ring (bicyclic) bond motifs is 1. The molecule has 0 bridgehead atoms. The average molecular weight is 423 g/mol. The van der Waals surface area contributed by atoms with Gasteiger partial charge in [0.2, 0.25) is 0 Å². The Morgan fingerprint density at radius 3 is 2.53 bits per heavy atom. The number of benzene rings is 3. The summed E-state index contributed by atoms with van der Waals surface area (Å²) in [5, 5.41) is 2.79. The first-order valence-corrected chi connectivity index (χ1v) is 11.0. The third-order valence-corrected chi connectivity index (χ3v) is 7.05. The normalized spacial score (nSPS) is 13.1. The number of rotatable bonds is 5. The van der Waals surface area contributed by atoms with Gasteiger partial charge in [-0.05, 0) is 54.8 Å². The van der Waals surface area contributed by atoms with Crippen LogP contribution in [0.3, 0.4) is 0 Å². The van der Waals surface area contributed by atoms with Crippen LogP contribution in [0.4, 0.5) is 11.4 Å². The molecule has 0 fully saturated rings. The molecule has 6 nitrogen and oxygen atoms in total. The highest BCUT2D eigenvalue weighted by Gasteiger charge is 2.31. The molecule has 0 aromatic heterocycles. The van der Waals surface area contributed by atoms with Crippen LogP contribution in [-0.4, -0.2) is 28.0 Å². The summed E-state index contributed by atoms with van der Waals surface area (Å²) in [6.07, 6.45) is 0.669. The number of aryl methyl sites for hydroxylation is 1. The second-order valence-electron chi connectivity index (χ2n) is 7.09. The van der Waals surface area contributed by atoms with E-state index in [0.717, 1.165) is 11.1 Å². The second-order valence-corrected chi connectivity index (χ2v) is 8.95. The zero-order valence-corrected chi connectivity index (χ0v) is 17.6. The van der Waals surface area contributed by atoms with Crippen LogP contribution in [-0.2, 0) is 16.4 Å². The number of carbonyl (C=O) groups is 1. The van der Waals surface area contributed by atoms with Crippen molar-refractivity contribution in [3.63, 3.8) is 0 Å². The van der Waals surface area contributed by atoms with Gasteiger partial charge in [-0.2, -0.15) is 0 Å². The summed E-state index contributed by atoms with van der Waals surface area (Å²) in [5.41, 5.74) is 3.34. The van der Waals surface area contributed by atoms with Gasteiger partial charge in [0, 0.05) is 12.1 Å². The molecule has 3 aromatic rings. The number of amides is 1. The summed E-state index contributed by atoms with van der Waals surface area (Å²) in [7, 11) is -2.31. The monoisotopic (exact) mass is 422 g/mol. The molecule has 7 heteroatoms. The number of sulfonamides is 1. The summed E-state index contributed by atoms with van der Waals surface area (Å²) < 4.78 is 33.4. The molecule has 0 atom stereocenters. The van der Waals surface area contributed by atoms with E-state index in [4.69, 9.17) is 4.74 Å². The fraction of sp³-hybridized carbons (Fsp3) is 0.174. The fourth-order valence-corrected chi connectivity index (χ4v) is 5.18. The Hall–Kier alpha value is -3.32. The Balaban J connectivity index is 1.69. The van der Waals surface area contributed by atoms with Crippen LogP contribution in [0.2, 0.25) is 0 Å². The summed E-state index contributed by atoms with van der Waals surface area (Å²) >= 11 is 0. The summed E-state index contributed by atoms with van der Waals surface area (Å²) in [4.78, 5) is 12.9. The Morgan fingerprint density at radius 1 is 1.03 bits per heavy atom. The van der Waals surface area contributed by atoms with Crippen molar-refractivity contribution in [2.45, 2.75) is 18.2 Å². The number of hydrogen-bond acceptors (Lipinski definition) is 4. The van der Waals surface area contributed by atoms with Crippen molar-refractivity contribution in [1.82, 2.24) is 0 Å². The Bertz CT molecular complexity index is 1220. The summed E-state index contributed by atoms with van der Waals surface area (Å²) in [6.45, 7) is 2.23. The number of hydrogen-bond donors (Lipinski definition) is 1. The second kappa shape index (κ2) is 7.84. The highest BCUT2D eigenvalue weighted by Crippen LogP contribution is 2.35. The van der Waals surface area contributed by atoms with Crippen LogP contribution >= 0.6 is 0 Å². The minimum atomic E-state index is -3.78. The van der Waals surface area contributed by atoms with Crippen molar-refractivity contribution in [2.24, 2.45) is 0 Å². The fourth-order valence-electron chi connectivity index (χ4n) is 3.65. The minimum Gasteiger partial charge on any atom is -0.495 e. The molecule has 1 aliphatic heterocycles. The molecule has 0 spiro atoms. The molecule has 0 saturated carbocycles. The van der Waals surface area contributed by atoms with E-state index in [0.29, 0.717) is 35.7 Å². The van der Waals surface area contributed by atoms with Gasteiger partial charge in [0.25, 0.3) is 15.9 Å². The predicted octanol–water partition coefficient (Wildman–Crippen LogP) is 4.01. The molecular formula is C23H22N2O4S. The third-order valence-electron chi connectivity index (χ3n) is 5.24. The molecule has 0 radical (unpaired) electrons. The zero-order valence-electron chi connectivity index (χ0n) is 16.8. The lowest BCUT2D eigenvalue weighted by Gasteiger charge is -2.20. The van der Waals surface area contributed by atoms with E-state index in [2.05, 4.69) is 5.32 Å². The van der Waals surface area contributed by atoms with Crippen LogP contribution in [0.15, 0.2) is 71.6 Å². The molecule has 3 aromatic carbocycles. The standard InChI is InChI=1S/C23H22N2O4S/c1-16-7-3-5-9-19(16)23(26)24-20-15-18(11-12-22(20)29-2)30(27,28)25-14-13-17-8-4-6-10-21(17)25/h3-12,15H,13-14H2,1-2H3,(H,24,26). The molecular weight excluding hydrogens is 400 g/mol. The molecule has 1 amide bonds. The highest BCUT2D eigenvalue weighted by molar-refractivity contribution is 7.92. The van der Waals surface area contributed by atoms with Gasteiger partial charge >= 0.3 is 0 Å². The first kappa shape index (κ1) is 20.0. The molecule has 0 aliphatic carbocycles. The number of nitrogens with zero attached hydrogens (tertiary/aromatic N) is 1. The van der Waals surface area contributed by atoms with Gasteiger partial charge in [-0.3, -0.25) is 9.10 Å². The minimum absolute atomic E-state index is 0.0973. The number of anilines is 2. The quantitative estimate of drug-likeness (QED) is 0.674. The molecule has 1 N–H and O–H groups in total. The summed E-state index contributed by atoms with van der Waals surface area (Å²) in [5.74, 6) is 0.0603. The van der Waals surface area contributed by atoms with Crippen LogP contribution < -0.4 is 14.4 Å². The van der Waals surface area contributed by atoms with Gasteiger partial charge in [0.15, 0.2) is 0 Å². The van der Waals surface area contributed by atoms with E-state index in [1.807, 2.05) is 43.3 Å². The van der Waals surface area contributed by atoms with Crippen LogP contribution in [0, 0.1) is 6.92 Å². The van der Waals surface area contributed by atoms with Gasteiger partial charge < -0.3 is 10.1 Å². The van der Waals surface area contributed by atoms with Crippen molar-refractivity contribution in [1.29, 1.82) is 0 Å². The van der Waals surface area contributed by atoms with Crippen LogP contribution in [0.5, 0.6) is 5.75 Å². The number of para-hydroxylation sites is 1. The average Bonchev–Trinajstić information content (AvgIpc) is 3.19. The van der Waals surface area contributed by atoms with E-state index < -0.39 is 10.0 Å². The number of carbonyl (C=O) groups excluding carboxylic acids is 1. The van der Waals surface area contributed by atoms with Crippen molar-refractivity contribution in [3.8, 4) is 5.75 Å². The van der Waals surface area contributed by atoms with Crippen molar-refractivity contribution in [2.75, 3.05) is 23.3 Å². The topological polar surface area (TPSA) is 75.7 Å². The van der Waals surface area contributed by atoms with Gasteiger partial charge in [-0.25, -0.2) is 8.42 Å². The Labute approximate surface area is 176 Å². The molecule has 154 valence electrons. The van der Waals surface area contributed by atoms with E-state index in [1.54, 1.807) is 18.2 Å². The number of methoxy groups -OCH3 is 1. The number of nitrogens with one attached hydrogen (secondary N) is 1. The zero-order chi connectivity index (χ0) is 21.3. The lowest BCUT2D eigenvalue weighted by molar-refractivity contribution is 0.102. The van der Waals surface area contributed by atoms with E-state index in [9.17, 15) is 13.2 Å². The van der Waals surface area contributed by atoms with Gasteiger partial charge in [-0.15, -0.1) is 0 Å². The first-order valence-electron chi connectivity index (χ1n) is 9.57. The highest BCUT2D eigenvalue weighted by atomic mass is 32.2. The molecule has 1 aliphatic rings. The van der Waals surface area contributed by atoms with Gasteiger partial charge in [0.1, 0.15) is 5.75 Å². The lowest BCUT2D eigenvalue weighted by atomic mass is 10.1. The molecule has 4 rings (SSSR count). The smallest absolute Gasteiger partial charge is 0.264 e. The van der Waals surface area contributed by atoms with Crippen molar-refractivity contribution in [3.05, 3.63) is 83.4 Å². The largest absolute Gasteiger partial charge is 0.495 e. The van der Waals surface area contributed by atoms with Crippen molar-refractivity contribution < 1.29 is 17.9 Å². The maximum Gasteiger partial charge on any atom is 0.264 e. The molecule has 1 heterocycles. The first-order chi connectivity index (χ1) is 14.4. The molecule has 0 unspecified atom stereocenters. The SMILES string of the molecule is COc1ccc(S(=O)(=O)N2CCc3ccccc32)cc1NC(=O)c1ccccc1C. The summed E-state index contributed by atoms with van der Waals surface area (Å²) in [6, 6.07) is 19.2. The Kier molecular flexibility index (Phi) is 5.22. The third kappa shape index (κ3) is 3.52. The van der Waals surface area contributed by atoms with Crippen LogP contribution in [0.1, 0.15) is 21.5 Å². The maximum absolute atomic E-state index is 13.3. The Morgan fingerprint density at radius 2 is 1.77 bits per heavy atom. The number of ether oxygens (including phenoxy) is 1.